The number of rotatable bonds is 4. The highest BCUT2D eigenvalue weighted by Crippen LogP contribution is 2.28. The molecule has 104 valence electrons. The molecule has 2 aromatic rings. The fraction of sp³-hybridized carbons (Fsp3) is 0.143. The van der Waals surface area contributed by atoms with Crippen molar-refractivity contribution < 1.29 is 9.53 Å². The summed E-state index contributed by atoms with van der Waals surface area (Å²) < 4.78 is 6.02. The lowest BCUT2D eigenvalue weighted by Crippen LogP contribution is -2.14. The van der Waals surface area contributed by atoms with E-state index in [9.17, 15) is 4.79 Å². The average molecular weight is 336 g/mol. The minimum Gasteiger partial charge on any atom is -0.495 e. The van der Waals surface area contributed by atoms with Gasteiger partial charge in [0, 0.05) is 25.0 Å². The molecule has 1 aromatic carbocycles. The molecule has 0 saturated carbocycles. The molecule has 0 atom stereocenters. The van der Waals surface area contributed by atoms with Gasteiger partial charge in [-0.05, 0) is 40.2 Å². The summed E-state index contributed by atoms with van der Waals surface area (Å²) in [7, 11) is 3.30. The Hall–Kier alpha value is -2.08. The molecule has 2 rings (SSSR count). The van der Waals surface area contributed by atoms with Gasteiger partial charge in [-0.1, -0.05) is 0 Å². The van der Waals surface area contributed by atoms with Crippen LogP contribution in [0.1, 0.15) is 10.4 Å². The zero-order valence-corrected chi connectivity index (χ0v) is 12.7. The zero-order valence-electron chi connectivity index (χ0n) is 11.1. The van der Waals surface area contributed by atoms with E-state index in [0.717, 1.165) is 4.47 Å². The van der Waals surface area contributed by atoms with E-state index in [2.05, 4.69) is 31.5 Å². The number of amides is 1. The fourth-order valence-corrected chi connectivity index (χ4v) is 2.13. The Bertz CT molecular complexity index is 632. The lowest BCUT2D eigenvalue weighted by Gasteiger charge is -2.10. The van der Waals surface area contributed by atoms with E-state index in [1.54, 1.807) is 44.6 Å². The Morgan fingerprint density at radius 1 is 1.35 bits per heavy atom. The third-order valence-corrected chi connectivity index (χ3v) is 3.35. The summed E-state index contributed by atoms with van der Waals surface area (Å²) in [4.78, 5) is 16.3. The molecule has 0 bridgehead atoms. The third kappa shape index (κ3) is 3.08. The summed E-state index contributed by atoms with van der Waals surface area (Å²) in [6.45, 7) is 0. The predicted octanol–water partition coefficient (Wildman–Crippen LogP) is 3.15. The Balaban J connectivity index is 2.23. The van der Waals surface area contributed by atoms with E-state index in [1.807, 2.05) is 6.07 Å². The molecule has 0 radical (unpaired) electrons. The maximum atomic E-state index is 12.2. The molecule has 1 aromatic heterocycles. The standard InChI is InChI=1S/C14H14BrN3O2/c1-16-13-10(4-3-7-17-13)14(19)18-9-5-6-11(15)12(8-9)20-2/h3-8H,1-2H3,(H,16,17)(H,18,19). The van der Waals surface area contributed by atoms with Crippen molar-refractivity contribution in [2.75, 3.05) is 24.8 Å². The molecule has 0 unspecified atom stereocenters. The van der Waals surface area contributed by atoms with Crippen LogP contribution in [0.5, 0.6) is 5.75 Å². The van der Waals surface area contributed by atoms with Crippen molar-refractivity contribution >= 4 is 33.3 Å². The SMILES string of the molecule is CNc1ncccc1C(=O)Nc1ccc(Br)c(OC)c1. The highest BCUT2D eigenvalue weighted by Gasteiger charge is 2.12. The van der Waals surface area contributed by atoms with Gasteiger partial charge in [0.05, 0.1) is 17.1 Å². The van der Waals surface area contributed by atoms with Crippen molar-refractivity contribution in [3.8, 4) is 5.75 Å². The number of hydrogen-bond acceptors (Lipinski definition) is 4. The number of nitrogens with one attached hydrogen (secondary N) is 2. The van der Waals surface area contributed by atoms with Gasteiger partial charge in [-0.3, -0.25) is 4.79 Å². The Morgan fingerprint density at radius 2 is 2.15 bits per heavy atom. The quantitative estimate of drug-likeness (QED) is 0.900. The Morgan fingerprint density at radius 3 is 2.85 bits per heavy atom. The first-order chi connectivity index (χ1) is 9.65. The molecule has 0 saturated heterocycles. The average Bonchev–Trinajstić information content (AvgIpc) is 2.49. The molecule has 2 N–H and O–H groups in total. The Labute approximate surface area is 125 Å². The van der Waals surface area contributed by atoms with Crippen LogP contribution in [-0.4, -0.2) is 25.0 Å². The largest absolute Gasteiger partial charge is 0.495 e. The van der Waals surface area contributed by atoms with Crippen molar-refractivity contribution in [3.63, 3.8) is 0 Å². The lowest BCUT2D eigenvalue weighted by molar-refractivity contribution is 0.102. The van der Waals surface area contributed by atoms with Crippen LogP contribution in [0, 0.1) is 0 Å². The molecule has 6 heteroatoms. The molecule has 20 heavy (non-hydrogen) atoms. The molecule has 5 nitrogen and oxygen atoms in total. The summed E-state index contributed by atoms with van der Waals surface area (Å²) >= 11 is 3.37. The van der Waals surface area contributed by atoms with Gasteiger partial charge in [0.2, 0.25) is 0 Å². The Kier molecular flexibility index (Phi) is 4.57. The predicted molar refractivity (Wildman–Crippen MR) is 82.4 cm³/mol. The highest BCUT2D eigenvalue weighted by molar-refractivity contribution is 9.10. The normalized spacial score (nSPS) is 9.95. The van der Waals surface area contributed by atoms with Crippen LogP contribution >= 0.6 is 15.9 Å². The maximum absolute atomic E-state index is 12.2. The summed E-state index contributed by atoms with van der Waals surface area (Å²) in [5.41, 5.74) is 1.14. The minimum absolute atomic E-state index is 0.230. The lowest BCUT2D eigenvalue weighted by atomic mass is 10.2. The molecule has 0 aliphatic carbocycles. The number of hydrogen-bond donors (Lipinski definition) is 2. The minimum atomic E-state index is -0.230. The molecular weight excluding hydrogens is 322 g/mol. The van der Waals surface area contributed by atoms with Crippen molar-refractivity contribution in [1.82, 2.24) is 4.98 Å². The molecule has 0 aliphatic rings. The van der Waals surface area contributed by atoms with Crippen LogP contribution in [0.3, 0.4) is 0 Å². The van der Waals surface area contributed by atoms with Crippen LogP contribution < -0.4 is 15.4 Å². The zero-order chi connectivity index (χ0) is 14.5. The maximum Gasteiger partial charge on any atom is 0.259 e. The second-order valence-electron chi connectivity index (χ2n) is 3.95. The molecule has 1 amide bonds. The smallest absolute Gasteiger partial charge is 0.259 e. The first-order valence-corrected chi connectivity index (χ1v) is 6.72. The van der Waals surface area contributed by atoms with Crippen LogP contribution in [0.15, 0.2) is 41.0 Å². The first kappa shape index (κ1) is 14.3. The van der Waals surface area contributed by atoms with Crippen molar-refractivity contribution in [1.29, 1.82) is 0 Å². The van der Waals surface area contributed by atoms with Gasteiger partial charge in [0.15, 0.2) is 0 Å². The fourth-order valence-electron chi connectivity index (χ4n) is 1.72. The number of carbonyl (C=O) groups is 1. The number of anilines is 2. The number of benzene rings is 1. The topological polar surface area (TPSA) is 63.2 Å². The van der Waals surface area contributed by atoms with Crippen LogP contribution in [0.25, 0.3) is 0 Å². The monoisotopic (exact) mass is 335 g/mol. The van der Waals surface area contributed by atoms with Crippen LogP contribution in [0.2, 0.25) is 0 Å². The van der Waals surface area contributed by atoms with Crippen molar-refractivity contribution in [2.45, 2.75) is 0 Å². The molecule has 0 fully saturated rings. The number of methoxy groups -OCH3 is 1. The van der Waals surface area contributed by atoms with Gasteiger partial charge < -0.3 is 15.4 Å². The molecule has 0 spiro atoms. The summed E-state index contributed by atoms with van der Waals surface area (Å²) in [6.07, 6.45) is 1.63. The summed E-state index contributed by atoms with van der Waals surface area (Å²) in [6, 6.07) is 8.79. The second-order valence-corrected chi connectivity index (χ2v) is 4.81. The summed E-state index contributed by atoms with van der Waals surface area (Å²) in [5, 5.41) is 5.70. The first-order valence-electron chi connectivity index (χ1n) is 5.93. The van der Waals surface area contributed by atoms with Gasteiger partial charge in [-0.15, -0.1) is 0 Å². The van der Waals surface area contributed by atoms with Crippen LogP contribution in [-0.2, 0) is 0 Å². The van der Waals surface area contributed by atoms with E-state index in [-0.39, 0.29) is 5.91 Å². The van der Waals surface area contributed by atoms with Gasteiger partial charge in [0.1, 0.15) is 11.6 Å². The van der Waals surface area contributed by atoms with Gasteiger partial charge in [-0.2, -0.15) is 0 Å². The van der Waals surface area contributed by atoms with E-state index in [0.29, 0.717) is 22.8 Å². The van der Waals surface area contributed by atoms with Crippen LogP contribution in [0.4, 0.5) is 11.5 Å². The molecular formula is C14H14BrN3O2. The van der Waals surface area contributed by atoms with Gasteiger partial charge >= 0.3 is 0 Å². The number of carbonyl (C=O) groups excluding carboxylic acids is 1. The highest BCUT2D eigenvalue weighted by atomic mass is 79.9. The van der Waals surface area contributed by atoms with E-state index < -0.39 is 0 Å². The number of aromatic nitrogens is 1. The van der Waals surface area contributed by atoms with Crippen molar-refractivity contribution in [2.24, 2.45) is 0 Å². The molecule has 0 aliphatic heterocycles. The van der Waals surface area contributed by atoms with Crippen molar-refractivity contribution in [3.05, 3.63) is 46.6 Å². The van der Waals surface area contributed by atoms with Gasteiger partial charge in [0.25, 0.3) is 5.91 Å². The second kappa shape index (κ2) is 6.38. The number of pyridine rings is 1. The molecule has 1 heterocycles. The third-order valence-electron chi connectivity index (χ3n) is 2.70. The van der Waals surface area contributed by atoms with E-state index in [4.69, 9.17) is 4.74 Å². The summed E-state index contributed by atoms with van der Waals surface area (Å²) in [5.74, 6) is 0.962. The number of halogens is 1. The van der Waals surface area contributed by atoms with E-state index in [1.165, 1.54) is 0 Å². The van der Waals surface area contributed by atoms with E-state index >= 15 is 0 Å². The van der Waals surface area contributed by atoms with Gasteiger partial charge in [-0.25, -0.2) is 4.98 Å². The number of nitrogens with zero attached hydrogens (tertiary/aromatic N) is 1. The number of ether oxygens (including phenoxy) is 1.